The molecular weight excluding hydrogens is 232 g/mol. The highest BCUT2D eigenvalue weighted by Crippen LogP contribution is 2.26. The fourth-order valence-corrected chi connectivity index (χ4v) is 2.00. The van der Waals surface area contributed by atoms with Crippen LogP contribution in [0.5, 0.6) is 0 Å². The molecule has 1 unspecified atom stereocenters. The number of nitrogens with one attached hydrogen (secondary N) is 1. The second kappa shape index (κ2) is 5.19. The van der Waals surface area contributed by atoms with Crippen LogP contribution in [0.3, 0.4) is 0 Å². The summed E-state index contributed by atoms with van der Waals surface area (Å²) in [4.78, 5) is 4.01. The van der Waals surface area contributed by atoms with Gasteiger partial charge in [0.15, 0.2) is 0 Å². The molecular formula is C14H15ClN2. The predicted octanol–water partition coefficient (Wildman–Crippen LogP) is 4.22. The lowest BCUT2D eigenvalue weighted by molar-refractivity contribution is 0.881. The minimum Gasteiger partial charge on any atom is -0.377 e. The van der Waals surface area contributed by atoms with Crippen LogP contribution in [-0.2, 0) is 0 Å². The first kappa shape index (κ1) is 11.9. The molecule has 3 heteroatoms. The predicted molar refractivity (Wildman–Crippen MR) is 72.5 cm³/mol. The van der Waals surface area contributed by atoms with Crippen LogP contribution < -0.4 is 5.32 Å². The van der Waals surface area contributed by atoms with Gasteiger partial charge in [-0.25, -0.2) is 0 Å². The number of nitrogens with zero attached hydrogens (tertiary/aromatic N) is 1. The van der Waals surface area contributed by atoms with E-state index in [-0.39, 0.29) is 6.04 Å². The molecule has 1 atom stereocenters. The number of rotatable bonds is 3. The number of hydrogen-bond acceptors (Lipinski definition) is 2. The van der Waals surface area contributed by atoms with E-state index < -0.39 is 0 Å². The topological polar surface area (TPSA) is 24.9 Å². The summed E-state index contributed by atoms with van der Waals surface area (Å²) in [5.74, 6) is 0. The number of benzene rings is 1. The molecule has 0 amide bonds. The fourth-order valence-electron chi connectivity index (χ4n) is 1.71. The van der Waals surface area contributed by atoms with Crippen molar-refractivity contribution in [2.45, 2.75) is 19.9 Å². The zero-order valence-electron chi connectivity index (χ0n) is 9.94. The van der Waals surface area contributed by atoms with Gasteiger partial charge in [-0.05, 0) is 49.2 Å². The largest absolute Gasteiger partial charge is 0.377 e. The molecule has 0 fully saturated rings. The van der Waals surface area contributed by atoms with Crippen molar-refractivity contribution >= 4 is 17.3 Å². The lowest BCUT2D eigenvalue weighted by Gasteiger charge is -2.16. The molecule has 0 spiro atoms. The molecule has 0 saturated carbocycles. The summed E-state index contributed by atoms with van der Waals surface area (Å²) >= 11 is 6.19. The minimum atomic E-state index is 0.207. The first-order chi connectivity index (χ1) is 8.16. The zero-order valence-corrected chi connectivity index (χ0v) is 10.7. The number of aromatic nitrogens is 1. The number of halogens is 1. The summed E-state index contributed by atoms with van der Waals surface area (Å²) in [5, 5.41) is 4.15. The Hall–Kier alpha value is -1.54. The molecule has 0 bridgehead atoms. The summed E-state index contributed by atoms with van der Waals surface area (Å²) in [7, 11) is 0. The van der Waals surface area contributed by atoms with Gasteiger partial charge in [0.25, 0.3) is 0 Å². The number of hydrogen-bond donors (Lipinski definition) is 1. The van der Waals surface area contributed by atoms with Gasteiger partial charge in [-0.2, -0.15) is 0 Å². The van der Waals surface area contributed by atoms with Crippen molar-refractivity contribution in [2.75, 3.05) is 5.32 Å². The van der Waals surface area contributed by atoms with Crippen LogP contribution in [0, 0.1) is 6.92 Å². The Kier molecular flexibility index (Phi) is 3.64. The molecule has 17 heavy (non-hydrogen) atoms. The van der Waals surface area contributed by atoms with E-state index >= 15 is 0 Å². The van der Waals surface area contributed by atoms with Gasteiger partial charge in [0.1, 0.15) is 0 Å². The van der Waals surface area contributed by atoms with Crippen molar-refractivity contribution in [3.05, 3.63) is 58.9 Å². The fraction of sp³-hybridized carbons (Fsp3) is 0.214. The zero-order chi connectivity index (χ0) is 12.3. The van der Waals surface area contributed by atoms with E-state index in [2.05, 4.69) is 17.2 Å². The molecule has 0 aliphatic heterocycles. The maximum atomic E-state index is 6.19. The van der Waals surface area contributed by atoms with Gasteiger partial charge in [0.2, 0.25) is 0 Å². The van der Waals surface area contributed by atoms with Gasteiger partial charge in [0, 0.05) is 18.4 Å². The van der Waals surface area contributed by atoms with Gasteiger partial charge in [-0.3, -0.25) is 4.98 Å². The third kappa shape index (κ3) is 2.98. The molecule has 2 nitrogen and oxygen atoms in total. The van der Waals surface area contributed by atoms with Crippen LogP contribution >= 0.6 is 11.6 Å². The average Bonchev–Trinajstić information content (AvgIpc) is 2.34. The van der Waals surface area contributed by atoms with E-state index in [1.807, 2.05) is 37.3 Å². The molecule has 0 saturated heterocycles. The second-order valence-electron chi connectivity index (χ2n) is 4.13. The minimum absolute atomic E-state index is 0.207. The Balaban J connectivity index is 2.16. The molecule has 1 heterocycles. The Labute approximate surface area is 107 Å². The molecule has 88 valence electrons. The smallest absolute Gasteiger partial charge is 0.0640 e. The average molecular weight is 247 g/mol. The van der Waals surface area contributed by atoms with Crippen molar-refractivity contribution in [3.8, 4) is 0 Å². The van der Waals surface area contributed by atoms with Crippen LogP contribution in [-0.4, -0.2) is 4.98 Å². The Bertz CT molecular complexity index is 497. The summed E-state index contributed by atoms with van der Waals surface area (Å²) < 4.78 is 0. The molecule has 1 aromatic heterocycles. The van der Waals surface area contributed by atoms with Crippen LogP contribution in [0.2, 0.25) is 5.02 Å². The van der Waals surface area contributed by atoms with E-state index in [4.69, 9.17) is 11.6 Å². The highest BCUT2D eigenvalue weighted by Gasteiger charge is 2.07. The first-order valence-electron chi connectivity index (χ1n) is 5.59. The van der Waals surface area contributed by atoms with E-state index in [9.17, 15) is 0 Å². The molecule has 1 N–H and O–H groups in total. The Morgan fingerprint density at radius 3 is 2.53 bits per heavy atom. The van der Waals surface area contributed by atoms with Gasteiger partial charge >= 0.3 is 0 Å². The summed E-state index contributed by atoms with van der Waals surface area (Å²) in [6.07, 6.45) is 3.59. The normalized spacial score (nSPS) is 12.2. The molecule has 1 aromatic carbocycles. The lowest BCUT2D eigenvalue weighted by atomic mass is 10.1. The van der Waals surface area contributed by atoms with Crippen LogP contribution in [0.25, 0.3) is 0 Å². The van der Waals surface area contributed by atoms with Crippen LogP contribution in [0.15, 0.2) is 42.7 Å². The maximum absolute atomic E-state index is 6.19. The SMILES string of the molecule is Cc1ccc(NC(C)c2ccncc2)c(Cl)c1. The summed E-state index contributed by atoms with van der Waals surface area (Å²) in [5.41, 5.74) is 3.32. The Morgan fingerprint density at radius 1 is 1.18 bits per heavy atom. The van der Waals surface area contributed by atoms with Crippen molar-refractivity contribution in [1.29, 1.82) is 0 Å². The third-order valence-corrected chi connectivity index (χ3v) is 3.02. The summed E-state index contributed by atoms with van der Waals surface area (Å²) in [6.45, 7) is 4.13. The van der Waals surface area contributed by atoms with Crippen LogP contribution in [0.4, 0.5) is 5.69 Å². The molecule has 0 aliphatic carbocycles. The summed E-state index contributed by atoms with van der Waals surface area (Å²) in [6, 6.07) is 10.2. The first-order valence-corrected chi connectivity index (χ1v) is 5.97. The van der Waals surface area contributed by atoms with Gasteiger partial charge in [-0.1, -0.05) is 17.7 Å². The van der Waals surface area contributed by atoms with Crippen LogP contribution in [0.1, 0.15) is 24.1 Å². The quantitative estimate of drug-likeness (QED) is 0.877. The molecule has 2 rings (SSSR count). The standard InChI is InChI=1S/C14H15ClN2/c1-10-3-4-14(13(15)9-10)17-11(2)12-5-7-16-8-6-12/h3-9,11,17H,1-2H3. The van der Waals surface area contributed by atoms with Gasteiger partial charge < -0.3 is 5.32 Å². The van der Waals surface area contributed by atoms with Crippen molar-refractivity contribution < 1.29 is 0 Å². The molecule has 0 radical (unpaired) electrons. The number of pyridine rings is 1. The second-order valence-corrected chi connectivity index (χ2v) is 4.54. The monoisotopic (exact) mass is 246 g/mol. The van der Waals surface area contributed by atoms with Gasteiger partial charge in [-0.15, -0.1) is 0 Å². The third-order valence-electron chi connectivity index (χ3n) is 2.70. The number of anilines is 1. The van der Waals surface area contributed by atoms with E-state index in [0.717, 1.165) is 16.3 Å². The van der Waals surface area contributed by atoms with E-state index in [0.29, 0.717) is 0 Å². The number of aryl methyl sites for hydroxylation is 1. The highest BCUT2D eigenvalue weighted by atomic mass is 35.5. The Morgan fingerprint density at radius 2 is 1.88 bits per heavy atom. The van der Waals surface area contributed by atoms with E-state index in [1.165, 1.54) is 5.56 Å². The van der Waals surface area contributed by atoms with Crippen molar-refractivity contribution in [3.63, 3.8) is 0 Å². The maximum Gasteiger partial charge on any atom is 0.0640 e. The van der Waals surface area contributed by atoms with Crippen molar-refractivity contribution in [1.82, 2.24) is 4.98 Å². The molecule has 0 aliphatic rings. The van der Waals surface area contributed by atoms with E-state index in [1.54, 1.807) is 12.4 Å². The van der Waals surface area contributed by atoms with Gasteiger partial charge in [0.05, 0.1) is 10.7 Å². The lowest BCUT2D eigenvalue weighted by Crippen LogP contribution is -2.06. The van der Waals surface area contributed by atoms with Crippen molar-refractivity contribution in [2.24, 2.45) is 0 Å². The molecule has 2 aromatic rings. The highest BCUT2D eigenvalue weighted by molar-refractivity contribution is 6.33.